The van der Waals surface area contributed by atoms with E-state index in [0.29, 0.717) is 6.61 Å². The summed E-state index contributed by atoms with van der Waals surface area (Å²) in [5.41, 5.74) is 5.30. The molecule has 22 heavy (non-hydrogen) atoms. The highest BCUT2D eigenvalue weighted by atomic mass is 16.5. The fourth-order valence-corrected chi connectivity index (χ4v) is 2.80. The van der Waals surface area contributed by atoms with Crippen LogP contribution in [0.15, 0.2) is 36.4 Å². The van der Waals surface area contributed by atoms with E-state index in [4.69, 9.17) is 9.47 Å². The number of para-hydroxylation sites is 2. The van der Waals surface area contributed by atoms with Gasteiger partial charge in [-0.2, -0.15) is 0 Å². The average Bonchev–Trinajstić information content (AvgIpc) is 2.99. The Balaban J connectivity index is 1.82. The second-order valence-electron chi connectivity index (χ2n) is 5.39. The summed E-state index contributed by atoms with van der Waals surface area (Å²) >= 11 is 0. The van der Waals surface area contributed by atoms with E-state index >= 15 is 0 Å². The van der Waals surface area contributed by atoms with Crippen LogP contribution in [0.25, 0.3) is 22.7 Å². The maximum Gasteiger partial charge on any atom is 0.168 e. The second kappa shape index (κ2) is 4.91. The molecule has 0 spiro atoms. The van der Waals surface area contributed by atoms with E-state index in [9.17, 15) is 0 Å². The molecule has 0 amide bonds. The Labute approximate surface area is 128 Å². The number of rotatable bonds is 2. The van der Waals surface area contributed by atoms with E-state index in [0.717, 1.165) is 39.5 Å². The fraction of sp³-hybridized carbons (Fsp3) is 0.167. The van der Waals surface area contributed by atoms with Crippen molar-refractivity contribution in [1.29, 1.82) is 0 Å². The lowest BCUT2D eigenvalue weighted by Gasteiger charge is -2.19. The number of nitrogens with zero attached hydrogens (tertiary/aromatic N) is 1. The molecule has 4 nitrogen and oxygen atoms in total. The van der Waals surface area contributed by atoms with Gasteiger partial charge in [0.25, 0.3) is 0 Å². The van der Waals surface area contributed by atoms with Crippen molar-refractivity contribution in [3.05, 3.63) is 53.3 Å². The second-order valence-corrected chi connectivity index (χ2v) is 5.39. The fourth-order valence-electron chi connectivity index (χ4n) is 2.80. The molecule has 0 radical (unpaired) electrons. The summed E-state index contributed by atoms with van der Waals surface area (Å²) in [4.78, 5) is 8.08. The number of hydrogen-bond donors (Lipinski definition) is 1. The first-order valence-corrected chi connectivity index (χ1v) is 7.22. The van der Waals surface area contributed by atoms with Crippen molar-refractivity contribution in [2.75, 3.05) is 13.7 Å². The third kappa shape index (κ3) is 1.96. The number of methoxy groups -OCH3 is 1. The Morgan fingerprint density at radius 1 is 1.18 bits per heavy atom. The standard InChI is InChI=1S/C18H16N2O2/c1-11-5-3-7-14-16(11)20-18(19-14)13-9-12-6-4-8-15(21-2)17(12)22-10-13/h3-9H,10H2,1-2H3,(H,19,20). The number of aryl methyl sites for hydroxylation is 1. The van der Waals surface area contributed by atoms with Crippen LogP contribution >= 0.6 is 0 Å². The zero-order chi connectivity index (χ0) is 15.1. The Hall–Kier alpha value is -2.75. The van der Waals surface area contributed by atoms with Crippen LogP contribution in [0.4, 0.5) is 0 Å². The molecule has 4 rings (SSSR count). The Morgan fingerprint density at radius 3 is 2.86 bits per heavy atom. The Kier molecular flexibility index (Phi) is 2.89. The molecule has 1 aromatic heterocycles. The quantitative estimate of drug-likeness (QED) is 0.781. The summed E-state index contributed by atoms with van der Waals surface area (Å²) in [5.74, 6) is 2.41. The number of benzene rings is 2. The summed E-state index contributed by atoms with van der Waals surface area (Å²) in [5, 5.41) is 0. The normalized spacial score (nSPS) is 13.5. The lowest BCUT2D eigenvalue weighted by atomic mass is 10.1. The number of hydrogen-bond acceptors (Lipinski definition) is 3. The van der Waals surface area contributed by atoms with Crippen molar-refractivity contribution in [1.82, 2.24) is 9.97 Å². The van der Waals surface area contributed by atoms with Crippen LogP contribution in [0.2, 0.25) is 0 Å². The van der Waals surface area contributed by atoms with Gasteiger partial charge in [-0.3, -0.25) is 0 Å². The summed E-state index contributed by atoms with van der Waals surface area (Å²) in [7, 11) is 1.65. The molecule has 0 bridgehead atoms. The highest BCUT2D eigenvalue weighted by molar-refractivity contribution is 5.88. The summed E-state index contributed by atoms with van der Waals surface area (Å²) in [6.07, 6.45) is 2.11. The third-order valence-electron chi connectivity index (χ3n) is 3.96. The minimum Gasteiger partial charge on any atom is -0.493 e. The first-order valence-electron chi connectivity index (χ1n) is 7.22. The van der Waals surface area contributed by atoms with E-state index in [1.807, 2.05) is 30.3 Å². The molecule has 0 fully saturated rings. The number of fused-ring (bicyclic) bond motifs is 2. The summed E-state index contributed by atoms with van der Waals surface area (Å²) < 4.78 is 11.2. The smallest absolute Gasteiger partial charge is 0.168 e. The molecule has 1 aliphatic heterocycles. The molecule has 2 heterocycles. The molecular weight excluding hydrogens is 276 g/mol. The molecule has 0 aliphatic carbocycles. The van der Waals surface area contributed by atoms with Gasteiger partial charge in [0.15, 0.2) is 11.5 Å². The van der Waals surface area contributed by atoms with E-state index in [-0.39, 0.29) is 0 Å². The van der Waals surface area contributed by atoms with Crippen molar-refractivity contribution in [3.63, 3.8) is 0 Å². The topological polar surface area (TPSA) is 47.1 Å². The van der Waals surface area contributed by atoms with Gasteiger partial charge in [-0.25, -0.2) is 4.98 Å². The van der Waals surface area contributed by atoms with E-state index < -0.39 is 0 Å². The largest absolute Gasteiger partial charge is 0.493 e. The highest BCUT2D eigenvalue weighted by Crippen LogP contribution is 2.37. The van der Waals surface area contributed by atoms with Crippen molar-refractivity contribution >= 4 is 22.7 Å². The molecule has 0 unspecified atom stereocenters. The number of aromatic nitrogens is 2. The van der Waals surface area contributed by atoms with Gasteiger partial charge in [0.2, 0.25) is 0 Å². The van der Waals surface area contributed by atoms with Gasteiger partial charge in [0.1, 0.15) is 12.4 Å². The minimum atomic E-state index is 0.478. The zero-order valence-electron chi connectivity index (χ0n) is 12.5. The molecular formula is C18H16N2O2. The van der Waals surface area contributed by atoms with E-state index in [1.165, 1.54) is 5.56 Å². The van der Waals surface area contributed by atoms with Crippen LogP contribution in [0.5, 0.6) is 11.5 Å². The Bertz CT molecular complexity index is 893. The van der Waals surface area contributed by atoms with Crippen molar-refractivity contribution in [2.45, 2.75) is 6.92 Å². The predicted octanol–water partition coefficient (Wildman–Crippen LogP) is 3.81. The predicted molar refractivity (Wildman–Crippen MR) is 87.2 cm³/mol. The Morgan fingerprint density at radius 2 is 2.05 bits per heavy atom. The number of imidazole rings is 1. The number of H-pyrrole nitrogens is 1. The van der Waals surface area contributed by atoms with Gasteiger partial charge in [-0.15, -0.1) is 0 Å². The number of ether oxygens (including phenoxy) is 2. The highest BCUT2D eigenvalue weighted by Gasteiger charge is 2.18. The maximum atomic E-state index is 5.89. The first-order chi connectivity index (χ1) is 10.8. The van der Waals surface area contributed by atoms with Gasteiger partial charge in [0, 0.05) is 11.1 Å². The molecule has 0 saturated carbocycles. The zero-order valence-corrected chi connectivity index (χ0v) is 12.5. The van der Waals surface area contributed by atoms with Gasteiger partial charge >= 0.3 is 0 Å². The molecule has 4 heteroatoms. The lowest BCUT2D eigenvalue weighted by Crippen LogP contribution is -2.08. The van der Waals surface area contributed by atoms with Crippen LogP contribution in [-0.4, -0.2) is 23.7 Å². The summed E-state index contributed by atoms with van der Waals surface area (Å²) in [6, 6.07) is 12.0. The molecule has 110 valence electrons. The van der Waals surface area contributed by atoms with Crippen LogP contribution in [-0.2, 0) is 0 Å². The van der Waals surface area contributed by atoms with E-state index in [2.05, 4.69) is 29.0 Å². The molecule has 3 aromatic rings. The minimum absolute atomic E-state index is 0.478. The molecule has 1 aliphatic rings. The molecule has 0 saturated heterocycles. The third-order valence-corrected chi connectivity index (χ3v) is 3.96. The lowest BCUT2D eigenvalue weighted by molar-refractivity contribution is 0.327. The van der Waals surface area contributed by atoms with Crippen molar-refractivity contribution < 1.29 is 9.47 Å². The molecule has 1 N–H and O–H groups in total. The van der Waals surface area contributed by atoms with Gasteiger partial charge in [0.05, 0.1) is 18.1 Å². The maximum absolute atomic E-state index is 5.89. The van der Waals surface area contributed by atoms with Crippen molar-refractivity contribution in [3.8, 4) is 11.5 Å². The van der Waals surface area contributed by atoms with Gasteiger partial charge < -0.3 is 14.5 Å². The average molecular weight is 292 g/mol. The SMILES string of the molecule is COc1cccc2c1OCC(c1nc3cccc(C)c3[nH]1)=C2. The van der Waals surface area contributed by atoms with Crippen LogP contribution in [0.3, 0.4) is 0 Å². The van der Waals surface area contributed by atoms with Crippen LogP contribution < -0.4 is 9.47 Å². The van der Waals surface area contributed by atoms with E-state index in [1.54, 1.807) is 7.11 Å². The number of nitrogens with one attached hydrogen (secondary N) is 1. The van der Waals surface area contributed by atoms with Gasteiger partial charge in [-0.1, -0.05) is 24.3 Å². The first kappa shape index (κ1) is 13.0. The molecule has 0 atom stereocenters. The van der Waals surface area contributed by atoms with Crippen molar-refractivity contribution in [2.24, 2.45) is 0 Å². The van der Waals surface area contributed by atoms with Crippen LogP contribution in [0.1, 0.15) is 17.0 Å². The number of aromatic amines is 1. The molecule has 2 aromatic carbocycles. The summed E-state index contributed by atoms with van der Waals surface area (Å²) in [6.45, 7) is 2.56. The van der Waals surface area contributed by atoms with Crippen LogP contribution in [0, 0.1) is 6.92 Å². The monoisotopic (exact) mass is 292 g/mol. The van der Waals surface area contributed by atoms with Gasteiger partial charge in [-0.05, 0) is 30.7 Å².